The first kappa shape index (κ1) is 12.2. The van der Waals surface area contributed by atoms with Gasteiger partial charge in [0.25, 0.3) is 5.91 Å². The van der Waals surface area contributed by atoms with E-state index in [1.54, 1.807) is 0 Å². The number of rotatable bonds is 3. The number of nitrogens with one attached hydrogen (secondary N) is 2. The largest absolute Gasteiger partial charge is 0.348 e. The zero-order valence-corrected chi connectivity index (χ0v) is 10.6. The van der Waals surface area contributed by atoms with E-state index in [0.717, 1.165) is 31.6 Å². The summed E-state index contributed by atoms with van der Waals surface area (Å²) >= 11 is 0. The molecule has 0 spiro atoms. The average molecular weight is 235 g/mol. The number of carbonyl (C=O) groups excluding carboxylic acids is 1. The first-order valence-electron chi connectivity index (χ1n) is 6.37. The Labute approximate surface area is 102 Å². The van der Waals surface area contributed by atoms with Gasteiger partial charge in [0.05, 0.1) is 0 Å². The minimum Gasteiger partial charge on any atom is -0.348 e. The van der Waals surface area contributed by atoms with Crippen LogP contribution in [0.25, 0.3) is 0 Å². The number of aromatic nitrogens is 1. The second kappa shape index (κ2) is 5.36. The zero-order chi connectivity index (χ0) is 12.3. The van der Waals surface area contributed by atoms with Crippen LogP contribution < -0.4 is 10.6 Å². The third kappa shape index (κ3) is 2.88. The fourth-order valence-electron chi connectivity index (χ4n) is 2.26. The lowest BCUT2D eigenvalue weighted by Gasteiger charge is -2.24. The van der Waals surface area contributed by atoms with Crippen molar-refractivity contribution in [3.63, 3.8) is 0 Å². The predicted octanol–water partition coefficient (Wildman–Crippen LogP) is 1.55. The average Bonchev–Trinajstić information content (AvgIpc) is 2.79. The van der Waals surface area contributed by atoms with Crippen LogP contribution in [0.4, 0.5) is 0 Å². The van der Waals surface area contributed by atoms with Crippen LogP contribution in [0.3, 0.4) is 0 Å². The summed E-state index contributed by atoms with van der Waals surface area (Å²) in [5.74, 6) is 0.0515. The van der Waals surface area contributed by atoms with E-state index < -0.39 is 0 Å². The summed E-state index contributed by atoms with van der Waals surface area (Å²) in [7, 11) is 0. The Kier molecular flexibility index (Phi) is 3.84. The van der Waals surface area contributed by atoms with Gasteiger partial charge in [0.1, 0.15) is 5.69 Å². The van der Waals surface area contributed by atoms with Crippen molar-refractivity contribution < 1.29 is 4.79 Å². The maximum atomic E-state index is 12.1. The second-order valence-electron chi connectivity index (χ2n) is 4.89. The Morgan fingerprint density at radius 2 is 2.18 bits per heavy atom. The van der Waals surface area contributed by atoms with Crippen LogP contribution in [0.1, 0.15) is 43.2 Å². The van der Waals surface area contributed by atoms with Gasteiger partial charge in [0.2, 0.25) is 0 Å². The van der Waals surface area contributed by atoms with Gasteiger partial charge in [-0.15, -0.1) is 0 Å². The lowest BCUT2D eigenvalue weighted by atomic mass is 10.1. The maximum Gasteiger partial charge on any atom is 0.268 e. The molecule has 0 unspecified atom stereocenters. The summed E-state index contributed by atoms with van der Waals surface area (Å²) < 4.78 is 2.01. The molecule has 0 aliphatic carbocycles. The van der Waals surface area contributed by atoms with Crippen molar-refractivity contribution in [1.82, 2.24) is 15.2 Å². The second-order valence-corrected chi connectivity index (χ2v) is 4.89. The van der Waals surface area contributed by atoms with Gasteiger partial charge in [-0.3, -0.25) is 4.79 Å². The number of hydrogen-bond acceptors (Lipinski definition) is 2. The summed E-state index contributed by atoms with van der Waals surface area (Å²) in [6, 6.07) is 4.45. The maximum absolute atomic E-state index is 12.1. The highest BCUT2D eigenvalue weighted by atomic mass is 16.2. The summed E-state index contributed by atoms with van der Waals surface area (Å²) in [5, 5.41) is 6.41. The van der Waals surface area contributed by atoms with E-state index >= 15 is 0 Å². The van der Waals surface area contributed by atoms with Crippen molar-refractivity contribution in [2.24, 2.45) is 0 Å². The fraction of sp³-hybridized carbons (Fsp3) is 0.615. The van der Waals surface area contributed by atoms with Crippen LogP contribution in [-0.4, -0.2) is 29.6 Å². The van der Waals surface area contributed by atoms with Crippen molar-refractivity contribution in [2.75, 3.05) is 13.1 Å². The molecule has 2 heterocycles. The van der Waals surface area contributed by atoms with Crippen molar-refractivity contribution >= 4 is 5.91 Å². The van der Waals surface area contributed by atoms with Gasteiger partial charge >= 0.3 is 0 Å². The number of nitrogens with zero attached hydrogens (tertiary/aromatic N) is 1. The minimum atomic E-state index is 0.0515. The van der Waals surface area contributed by atoms with Crippen molar-refractivity contribution in [2.45, 2.75) is 38.8 Å². The van der Waals surface area contributed by atoms with E-state index in [0.29, 0.717) is 12.1 Å². The van der Waals surface area contributed by atoms with E-state index in [1.807, 2.05) is 22.9 Å². The van der Waals surface area contributed by atoms with Gasteiger partial charge in [0.15, 0.2) is 0 Å². The van der Waals surface area contributed by atoms with Crippen LogP contribution in [0.2, 0.25) is 0 Å². The molecule has 0 saturated carbocycles. The molecule has 2 N–H and O–H groups in total. The van der Waals surface area contributed by atoms with Gasteiger partial charge in [-0.1, -0.05) is 0 Å². The topological polar surface area (TPSA) is 46.1 Å². The van der Waals surface area contributed by atoms with Gasteiger partial charge in [-0.2, -0.15) is 0 Å². The normalized spacial score (nSPS) is 17.4. The number of hydrogen-bond donors (Lipinski definition) is 2. The highest BCUT2D eigenvalue weighted by molar-refractivity contribution is 5.93. The van der Waals surface area contributed by atoms with Crippen LogP contribution in [0, 0.1) is 0 Å². The molecule has 4 heteroatoms. The lowest BCUT2D eigenvalue weighted by Crippen LogP contribution is -2.43. The molecule has 1 fully saturated rings. The van der Waals surface area contributed by atoms with Gasteiger partial charge in [0, 0.05) is 18.3 Å². The third-order valence-electron chi connectivity index (χ3n) is 3.24. The van der Waals surface area contributed by atoms with Crippen molar-refractivity contribution in [1.29, 1.82) is 0 Å². The third-order valence-corrected chi connectivity index (χ3v) is 3.24. The van der Waals surface area contributed by atoms with Crippen LogP contribution in [-0.2, 0) is 0 Å². The molecule has 0 radical (unpaired) electrons. The van der Waals surface area contributed by atoms with E-state index in [1.165, 1.54) is 0 Å². The molecule has 94 valence electrons. The Bertz CT molecular complexity index is 378. The summed E-state index contributed by atoms with van der Waals surface area (Å²) in [4.78, 5) is 12.1. The molecular weight excluding hydrogens is 214 g/mol. The first-order chi connectivity index (χ1) is 8.18. The highest BCUT2D eigenvalue weighted by Crippen LogP contribution is 2.12. The highest BCUT2D eigenvalue weighted by Gasteiger charge is 2.18. The van der Waals surface area contributed by atoms with E-state index in [-0.39, 0.29) is 5.91 Å². The summed E-state index contributed by atoms with van der Waals surface area (Å²) in [6.07, 6.45) is 4.00. The van der Waals surface area contributed by atoms with Gasteiger partial charge < -0.3 is 15.2 Å². The predicted molar refractivity (Wildman–Crippen MR) is 68.2 cm³/mol. The quantitative estimate of drug-likeness (QED) is 0.835. The Morgan fingerprint density at radius 1 is 1.47 bits per heavy atom. The molecule has 0 aromatic carbocycles. The van der Waals surface area contributed by atoms with E-state index in [2.05, 4.69) is 24.5 Å². The molecule has 1 aromatic heterocycles. The zero-order valence-electron chi connectivity index (χ0n) is 10.6. The molecule has 1 saturated heterocycles. The minimum absolute atomic E-state index is 0.0515. The SMILES string of the molecule is CC(C)n1cccc1C(=O)NC1CCNCC1. The number of carbonyl (C=O) groups is 1. The van der Waals surface area contributed by atoms with Crippen LogP contribution in [0.5, 0.6) is 0 Å². The van der Waals surface area contributed by atoms with E-state index in [4.69, 9.17) is 0 Å². The molecule has 1 amide bonds. The number of amides is 1. The van der Waals surface area contributed by atoms with Crippen molar-refractivity contribution in [3.8, 4) is 0 Å². The lowest BCUT2D eigenvalue weighted by molar-refractivity contribution is 0.0918. The fourth-order valence-corrected chi connectivity index (χ4v) is 2.26. The number of piperidine rings is 1. The monoisotopic (exact) mass is 235 g/mol. The standard InChI is InChI=1S/C13H21N3O/c1-10(2)16-9-3-4-12(16)13(17)15-11-5-7-14-8-6-11/h3-4,9-11,14H,5-8H2,1-2H3,(H,15,17). The molecule has 0 bridgehead atoms. The molecular formula is C13H21N3O. The summed E-state index contributed by atoms with van der Waals surface area (Å²) in [5.41, 5.74) is 0.763. The Balaban J connectivity index is 2.01. The molecule has 1 aromatic rings. The molecule has 4 nitrogen and oxygen atoms in total. The molecule has 0 atom stereocenters. The smallest absolute Gasteiger partial charge is 0.268 e. The molecule has 2 rings (SSSR count). The first-order valence-corrected chi connectivity index (χ1v) is 6.37. The molecule has 17 heavy (non-hydrogen) atoms. The van der Waals surface area contributed by atoms with Crippen LogP contribution >= 0.6 is 0 Å². The molecule has 1 aliphatic heterocycles. The Morgan fingerprint density at radius 3 is 2.82 bits per heavy atom. The van der Waals surface area contributed by atoms with Crippen molar-refractivity contribution in [3.05, 3.63) is 24.0 Å². The van der Waals surface area contributed by atoms with Gasteiger partial charge in [-0.05, 0) is 51.9 Å². The molecule has 1 aliphatic rings. The summed E-state index contributed by atoms with van der Waals surface area (Å²) in [6.45, 7) is 6.16. The Hall–Kier alpha value is -1.29. The van der Waals surface area contributed by atoms with Crippen LogP contribution in [0.15, 0.2) is 18.3 Å². The van der Waals surface area contributed by atoms with E-state index in [9.17, 15) is 4.79 Å². The van der Waals surface area contributed by atoms with Gasteiger partial charge in [-0.25, -0.2) is 0 Å².